The fourth-order valence-electron chi connectivity index (χ4n) is 1.66. The highest BCUT2D eigenvalue weighted by Crippen LogP contribution is 2.22. The molecule has 2 N–H and O–H groups in total. The van der Waals surface area contributed by atoms with Crippen molar-refractivity contribution in [2.75, 3.05) is 0 Å². The third-order valence-electron chi connectivity index (χ3n) is 2.60. The predicted molar refractivity (Wildman–Crippen MR) is 68.1 cm³/mol. The first-order chi connectivity index (χ1) is 7.77. The molecule has 84 valence electrons. The quantitative estimate of drug-likeness (QED) is 0.928. The molecule has 0 aliphatic carbocycles. The average molecular weight is 280 g/mol. The molecule has 0 bridgehead atoms. The maximum atomic E-state index is 6.10. The Morgan fingerprint density at radius 2 is 1.94 bits per heavy atom. The first-order valence-electron chi connectivity index (χ1n) is 5.30. The lowest BCUT2D eigenvalue weighted by Crippen LogP contribution is -2.10. The molecule has 2 aromatic rings. The van der Waals surface area contributed by atoms with Crippen LogP contribution >= 0.6 is 15.9 Å². The summed E-state index contributed by atoms with van der Waals surface area (Å²) in [5.74, 6) is 0.964. The standard InChI is InChI=1S/C13H14BrNO/c14-11-8-9-16-13(11)7-6-12(15)10-4-2-1-3-5-10/h1-5,8-9,12H,6-7,15H2. The minimum absolute atomic E-state index is 0.0678. The number of benzene rings is 1. The van der Waals surface area contributed by atoms with E-state index in [9.17, 15) is 0 Å². The topological polar surface area (TPSA) is 39.2 Å². The van der Waals surface area contributed by atoms with E-state index in [1.807, 2.05) is 24.3 Å². The van der Waals surface area contributed by atoms with Gasteiger partial charge in [0.05, 0.1) is 10.7 Å². The zero-order valence-electron chi connectivity index (χ0n) is 8.90. The largest absolute Gasteiger partial charge is 0.468 e. The van der Waals surface area contributed by atoms with Crippen molar-refractivity contribution in [2.24, 2.45) is 5.73 Å². The van der Waals surface area contributed by atoms with E-state index in [1.165, 1.54) is 5.56 Å². The highest BCUT2D eigenvalue weighted by Gasteiger charge is 2.08. The molecule has 1 aromatic carbocycles. The van der Waals surface area contributed by atoms with Gasteiger partial charge in [0.2, 0.25) is 0 Å². The van der Waals surface area contributed by atoms with Gasteiger partial charge in [0.25, 0.3) is 0 Å². The Labute approximate surface area is 104 Å². The van der Waals surface area contributed by atoms with Gasteiger partial charge in [-0.1, -0.05) is 30.3 Å². The number of hydrogen-bond donors (Lipinski definition) is 1. The molecule has 3 heteroatoms. The third-order valence-corrected chi connectivity index (χ3v) is 3.31. The molecular weight excluding hydrogens is 266 g/mol. The summed E-state index contributed by atoms with van der Waals surface area (Å²) < 4.78 is 6.37. The van der Waals surface area contributed by atoms with Crippen molar-refractivity contribution in [3.8, 4) is 0 Å². The lowest BCUT2D eigenvalue weighted by atomic mass is 10.0. The molecule has 0 aliphatic rings. The molecule has 0 amide bonds. The van der Waals surface area contributed by atoms with Gasteiger partial charge in [0, 0.05) is 12.5 Å². The van der Waals surface area contributed by atoms with Crippen LogP contribution in [0.2, 0.25) is 0 Å². The van der Waals surface area contributed by atoms with Gasteiger partial charge in [0.15, 0.2) is 0 Å². The van der Waals surface area contributed by atoms with E-state index in [1.54, 1.807) is 6.26 Å². The van der Waals surface area contributed by atoms with Crippen molar-refractivity contribution in [1.29, 1.82) is 0 Å². The SMILES string of the molecule is NC(CCc1occc1Br)c1ccccc1. The Balaban J connectivity index is 1.94. The molecule has 0 saturated heterocycles. The smallest absolute Gasteiger partial charge is 0.117 e. The van der Waals surface area contributed by atoms with Crippen LogP contribution in [0.1, 0.15) is 23.8 Å². The van der Waals surface area contributed by atoms with Crippen LogP contribution in [0.4, 0.5) is 0 Å². The van der Waals surface area contributed by atoms with E-state index in [-0.39, 0.29) is 6.04 Å². The zero-order valence-corrected chi connectivity index (χ0v) is 10.5. The summed E-state index contributed by atoms with van der Waals surface area (Å²) >= 11 is 3.44. The highest BCUT2D eigenvalue weighted by molar-refractivity contribution is 9.10. The van der Waals surface area contributed by atoms with Crippen LogP contribution in [0.15, 0.2) is 51.6 Å². The summed E-state index contributed by atoms with van der Waals surface area (Å²) in [4.78, 5) is 0. The Bertz CT molecular complexity index is 438. The first-order valence-corrected chi connectivity index (χ1v) is 6.09. The molecule has 2 rings (SSSR count). The number of furan rings is 1. The molecule has 0 fully saturated rings. The lowest BCUT2D eigenvalue weighted by Gasteiger charge is -2.10. The summed E-state index contributed by atoms with van der Waals surface area (Å²) in [6, 6.07) is 12.1. The normalized spacial score (nSPS) is 12.6. The average Bonchev–Trinajstić information content (AvgIpc) is 2.73. The second-order valence-corrected chi connectivity index (χ2v) is 4.60. The molecule has 0 saturated carbocycles. The van der Waals surface area contributed by atoms with Crippen LogP contribution in [-0.4, -0.2) is 0 Å². The van der Waals surface area contributed by atoms with Crippen molar-refractivity contribution < 1.29 is 4.42 Å². The second-order valence-electron chi connectivity index (χ2n) is 3.75. The van der Waals surface area contributed by atoms with Gasteiger partial charge < -0.3 is 10.2 Å². The number of hydrogen-bond acceptors (Lipinski definition) is 2. The van der Waals surface area contributed by atoms with Crippen LogP contribution in [0.5, 0.6) is 0 Å². The maximum absolute atomic E-state index is 6.10. The fraction of sp³-hybridized carbons (Fsp3) is 0.231. The minimum Gasteiger partial charge on any atom is -0.468 e. The monoisotopic (exact) mass is 279 g/mol. The summed E-state index contributed by atoms with van der Waals surface area (Å²) in [6.07, 6.45) is 3.42. The lowest BCUT2D eigenvalue weighted by molar-refractivity contribution is 0.486. The van der Waals surface area contributed by atoms with Crippen LogP contribution in [0, 0.1) is 0 Å². The molecule has 1 heterocycles. The van der Waals surface area contributed by atoms with Crippen molar-refractivity contribution in [3.63, 3.8) is 0 Å². The first kappa shape index (κ1) is 11.4. The van der Waals surface area contributed by atoms with E-state index in [0.29, 0.717) is 0 Å². The molecule has 1 unspecified atom stereocenters. The Kier molecular flexibility index (Phi) is 3.80. The van der Waals surface area contributed by atoms with Crippen LogP contribution < -0.4 is 5.73 Å². The molecule has 16 heavy (non-hydrogen) atoms. The Morgan fingerprint density at radius 3 is 2.56 bits per heavy atom. The maximum Gasteiger partial charge on any atom is 0.117 e. The second kappa shape index (κ2) is 5.32. The molecule has 0 aliphatic heterocycles. The number of halogens is 1. The van der Waals surface area contributed by atoms with E-state index in [0.717, 1.165) is 23.1 Å². The summed E-state index contributed by atoms with van der Waals surface area (Å²) in [5, 5.41) is 0. The Hall–Kier alpha value is -1.06. The number of aryl methyl sites for hydroxylation is 1. The van der Waals surface area contributed by atoms with Gasteiger partial charge >= 0.3 is 0 Å². The van der Waals surface area contributed by atoms with E-state index < -0.39 is 0 Å². The van der Waals surface area contributed by atoms with Crippen molar-refractivity contribution in [3.05, 3.63) is 58.5 Å². The van der Waals surface area contributed by atoms with Gasteiger partial charge in [-0.2, -0.15) is 0 Å². The minimum atomic E-state index is 0.0678. The molecular formula is C13H14BrNO. The van der Waals surface area contributed by atoms with E-state index in [4.69, 9.17) is 10.2 Å². The molecule has 1 atom stereocenters. The van der Waals surface area contributed by atoms with Gasteiger partial charge in [-0.15, -0.1) is 0 Å². The van der Waals surface area contributed by atoms with E-state index in [2.05, 4.69) is 28.1 Å². The Morgan fingerprint density at radius 1 is 1.19 bits per heavy atom. The molecule has 1 aromatic heterocycles. The van der Waals surface area contributed by atoms with Gasteiger partial charge in [-0.05, 0) is 34.0 Å². The van der Waals surface area contributed by atoms with Gasteiger partial charge in [-0.25, -0.2) is 0 Å². The summed E-state index contributed by atoms with van der Waals surface area (Å²) in [5.41, 5.74) is 7.28. The number of nitrogens with two attached hydrogens (primary N) is 1. The van der Waals surface area contributed by atoms with Gasteiger partial charge in [0.1, 0.15) is 5.76 Å². The summed E-state index contributed by atoms with van der Waals surface area (Å²) in [6.45, 7) is 0. The van der Waals surface area contributed by atoms with Crippen LogP contribution in [0.25, 0.3) is 0 Å². The predicted octanol–water partition coefficient (Wildman–Crippen LogP) is 3.67. The third kappa shape index (κ3) is 2.74. The molecule has 0 radical (unpaired) electrons. The van der Waals surface area contributed by atoms with E-state index >= 15 is 0 Å². The summed E-state index contributed by atoms with van der Waals surface area (Å²) in [7, 11) is 0. The molecule has 2 nitrogen and oxygen atoms in total. The fourth-order valence-corrected chi connectivity index (χ4v) is 2.06. The number of rotatable bonds is 4. The molecule has 0 spiro atoms. The van der Waals surface area contributed by atoms with Crippen LogP contribution in [-0.2, 0) is 6.42 Å². The van der Waals surface area contributed by atoms with Gasteiger partial charge in [-0.3, -0.25) is 0 Å². The van der Waals surface area contributed by atoms with Crippen LogP contribution in [0.3, 0.4) is 0 Å². The van der Waals surface area contributed by atoms with Crippen molar-refractivity contribution in [2.45, 2.75) is 18.9 Å². The van der Waals surface area contributed by atoms with Crippen molar-refractivity contribution in [1.82, 2.24) is 0 Å². The highest BCUT2D eigenvalue weighted by atomic mass is 79.9. The van der Waals surface area contributed by atoms with Crippen molar-refractivity contribution >= 4 is 15.9 Å². The zero-order chi connectivity index (χ0) is 11.4.